The number of hydrazine groups is 1. The smallest absolute Gasteiger partial charge is 0.0730 e. The van der Waals surface area contributed by atoms with Crippen molar-refractivity contribution in [2.24, 2.45) is 5.84 Å². The number of benzene rings is 2. The lowest BCUT2D eigenvalue weighted by atomic mass is 9.95. The molecule has 0 radical (unpaired) electrons. The molecule has 0 amide bonds. The van der Waals surface area contributed by atoms with E-state index in [9.17, 15) is 0 Å². The molecule has 106 valence electrons. The van der Waals surface area contributed by atoms with Gasteiger partial charge in [0.1, 0.15) is 0 Å². The van der Waals surface area contributed by atoms with E-state index in [0.717, 1.165) is 11.1 Å². The van der Waals surface area contributed by atoms with Gasteiger partial charge in [-0.05, 0) is 34.7 Å². The molecule has 4 heteroatoms. The standard InChI is InChI=1S/C16H20ClN3/c1-10(2)11-3-5-12(6-4-11)16(20-19)14-8-7-13(17)9-15(14)18/h3-10,16,20H,18-19H2,1-2H3. The molecule has 0 aliphatic rings. The molecule has 0 saturated carbocycles. The van der Waals surface area contributed by atoms with Gasteiger partial charge in [-0.2, -0.15) is 0 Å². The number of nitrogens with two attached hydrogens (primary N) is 2. The fourth-order valence-electron chi connectivity index (χ4n) is 2.25. The van der Waals surface area contributed by atoms with E-state index in [1.807, 2.05) is 12.1 Å². The van der Waals surface area contributed by atoms with Crippen LogP contribution in [0.25, 0.3) is 0 Å². The predicted octanol–water partition coefficient (Wildman–Crippen LogP) is 3.60. The molecule has 2 rings (SSSR count). The quantitative estimate of drug-likeness (QED) is 0.458. The van der Waals surface area contributed by atoms with E-state index in [0.29, 0.717) is 16.6 Å². The van der Waals surface area contributed by atoms with E-state index in [2.05, 4.69) is 43.5 Å². The first kappa shape index (κ1) is 14.9. The summed E-state index contributed by atoms with van der Waals surface area (Å²) in [6.07, 6.45) is 0. The molecule has 2 aromatic rings. The second kappa shape index (κ2) is 6.27. The van der Waals surface area contributed by atoms with Gasteiger partial charge < -0.3 is 5.73 Å². The molecule has 20 heavy (non-hydrogen) atoms. The van der Waals surface area contributed by atoms with Crippen molar-refractivity contribution in [2.75, 3.05) is 5.73 Å². The number of rotatable bonds is 4. The van der Waals surface area contributed by atoms with E-state index in [-0.39, 0.29) is 6.04 Å². The van der Waals surface area contributed by atoms with Gasteiger partial charge in [0, 0.05) is 10.7 Å². The summed E-state index contributed by atoms with van der Waals surface area (Å²) in [6, 6.07) is 13.7. The summed E-state index contributed by atoms with van der Waals surface area (Å²) in [5.74, 6) is 6.21. The molecule has 0 aliphatic carbocycles. The third kappa shape index (κ3) is 3.12. The third-order valence-electron chi connectivity index (χ3n) is 3.46. The van der Waals surface area contributed by atoms with Gasteiger partial charge in [0.15, 0.2) is 0 Å². The van der Waals surface area contributed by atoms with Gasteiger partial charge in [0.25, 0.3) is 0 Å². The Bertz CT molecular complexity index is 579. The third-order valence-corrected chi connectivity index (χ3v) is 3.70. The van der Waals surface area contributed by atoms with Crippen molar-refractivity contribution < 1.29 is 0 Å². The highest BCUT2D eigenvalue weighted by Crippen LogP contribution is 2.29. The molecule has 0 heterocycles. The van der Waals surface area contributed by atoms with Crippen molar-refractivity contribution in [2.45, 2.75) is 25.8 Å². The Kier molecular flexibility index (Phi) is 4.65. The van der Waals surface area contributed by atoms with Crippen LogP contribution >= 0.6 is 11.6 Å². The largest absolute Gasteiger partial charge is 0.398 e. The Morgan fingerprint density at radius 2 is 1.60 bits per heavy atom. The summed E-state index contributed by atoms with van der Waals surface area (Å²) < 4.78 is 0. The van der Waals surface area contributed by atoms with Crippen molar-refractivity contribution >= 4 is 17.3 Å². The first-order valence-corrected chi connectivity index (χ1v) is 7.01. The molecule has 0 aromatic heterocycles. The van der Waals surface area contributed by atoms with Crippen LogP contribution in [0.3, 0.4) is 0 Å². The summed E-state index contributed by atoms with van der Waals surface area (Å²) in [5.41, 5.74) is 12.8. The second-order valence-electron chi connectivity index (χ2n) is 5.19. The maximum absolute atomic E-state index is 6.03. The molecule has 0 aliphatic heterocycles. The van der Waals surface area contributed by atoms with Crippen LogP contribution in [0.5, 0.6) is 0 Å². The van der Waals surface area contributed by atoms with Crippen LogP contribution in [0.15, 0.2) is 42.5 Å². The highest BCUT2D eigenvalue weighted by atomic mass is 35.5. The number of hydrogen-bond donors (Lipinski definition) is 3. The topological polar surface area (TPSA) is 64.1 Å². The van der Waals surface area contributed by atoms with Gasteiger partial charge in [0.2, 0.25) is 0 Å². The van der Waals surface area contributed by atoms with Crippen LogP contribution in [0.4, 0.5) is 5.69 Å². The summed E-state index contributed by atoms with van der Waals surface area (Å²) in [7, 11) is 0. The Labute approximate surface area is 124 Å². The van der Waals surface area contributed by atoms with Crippen molar-refractivity contribution in [3.05, 3.63) is 64.2 Å². The minimum absolute atomic E-state index is 0.145. The molecule has 0 fully saturated rings. The summed E-state index contributed by atoms with van der Waals surface area (Å²) in [5, 5.41) is 0.622. The Morgan fingerprint density at radius 1 is 1.00 bits per heavy atom. The molecule has 1 atom stereocenters. The fraction of sp³-hybridized carbons (Fsp3) is 0.250. The average molecular weight is 290 g/mol. The highest BCUT2D eigenvalue weighted by Gasteiger charge is 2.15. The van der Waals surface area contributed by atoms with Crippen molar-refractivity contribution in [1.29, 1.82) is 0 Å². The van der Waals surface area contributed by atoms with Gasteiger partial charge in [0.05, 0.1) is 6.04 Å². The zero-order chi connectivity index (χ0) is 14.7. The van der Waals surface area contributed by atoms with Crippen LogP contribution in [0.2, 0.25) is 5.02 Å². The Hall–Kier alpha value is -1.55. The molecule has 1 unspecified atom stereocenters. The van der Waals surface area contributed by atoms with Gasteiger partial charge in [-0.15, -0.1) is 0 Å². The minimum atomic E-state index is -0.145. The molecular formula is C16H20ClN3. The molecule has 0 bridgehead atoms. The van der Waals surface area contributed by atoms with Crippen LogP contribution in [-0.2, 0) is 0 Å². The first-order valence-electron chi connectivity index (χ1n) is 6.64. The predicted molar refractivity (Wildman–Crippen MR) is 85.6 cm³/mol. The summed E-state index contributed by atoms with van der Waals surface area (Å²) >= 11 is 5.93. The van der Waals surface area contributed by atoms with E-state index < -0.39 is 0 Å². The number of nitrogens with one attached hydrogen (secondary N) is 1. The van der Waals surface area contributed by atoms with E-state index in [1.54, 1.807) is 6.07 Å². The lowest BCUT2D eigenvalue weighted by molar-refractivity contribution is 0.638. The zero-order valence-electron chi connectivity index (χ0n) is 11.7. The van der Waals surface area contributed by atoms with E-state index in [4.69, 9.17) is 23.2 Å². The molecule has 5 N–H and O–H groups in total. The average Bonchev–Trinajstić information content (AvgIpc) is 2.42. The maximum atomic E-state index is 6.03. The van der Waals surface area contributed by atoms with Gasteiger partial charge >= 0.3 is 0 Å². The van der Waals surface area contributed by atoms with Crippen LogP contribution in [-0.4, -0.2) is 0 Å². The lowest BCUT2D eigenvalue weighted by Gasteiger charge is -2.19. The second-order valence-corrected chi connectivity index (χ2v) is 5.63. The normalized spacial score (nSPS) is 12.7. The van der Waals surface area contributed by atoms with Gasteiger partial charge in [-0.1, -0.05) is 55.8 Å². The number of nitrogen functional groups attached to an aromatic ring is 1. The van der Waals surface area contributed by atoms with Gasteiger partial charge in [-0.25, -0.2) is 5.43 Å². The highest BCUT2D eigenvalue weighted by molar-refractivity contribution is 6.30. The van der Waals surface area contributed by atoms with Crippen LogP contribution < -0.4 is 17.0 Å². The zero-order valence-corrected chi connectivity index (χ0v) is 12.5. The Morgan fingerprint density at radius 3 is 2.10 bits per heavy atom. The van der Waals surface area contributed by atoms with Crippen LogP contribution in [0.1, 0.15) is 42.5 Å². The Balaban J connectivity index is 2.36. The van der Waals surface area contributed by atoms with Crippen molar-refractivity contribution in [1.82, 2.24) is 5.43 Å². The van der Waals surface area contributed by atoms with Gasteiger partial charge in [-0.3, -0.25) is 5.84 Å². The first-order chi connectivity index (χ1) is 9.52. The lowest BCUT2D eigenvalue weighted by Crippen LogP contribution is -2.29. The number of halogens is 1. The maximum Gasteiger partial charge on any atom is 0.0730 e. The van der Waals surface area contributed by atoms with E-state index >= 15 is 0 Å². The number of anilines is 1. The van der Waals surface area contributed by atoms with E-state index in [1.165, 1.54) is 5.56 Å². The fourth-order valence-corrected chi connectivity index (χ4v) is 2.43. The molecular weight excluding hydrogens is 270 g/mol. The van der Waals surface area contributed by atoms with Crippen LogP contribution in [0, 0.1) is 0 Å². The SMILES string of the molecule is CC(C)c1ccc(C(NN)c2ccc(Cl)cc2N)cc1. The number of hydrogen-bond acceptors (Lipinski definition) is 3. The van der Waals surface area contributed by atoms with Crippen molar-refractivity contribution in [3.8, 4) is 0 Å². The summed E-state index contributed by atoms with van der Waals surface area (Å²) in [6.45, 7) is 4.34. The minimum Gasteiger partial charge on any atom is -0.398 e. The van der Waals surface area contributed by atoms with Crippen molar-refractivity contribution in [3.63, 3.8) is 0 Å². The molecule has 0 saturated heterocycles. The monoisotopic (exact) mass is 289 g/mol. The molecule has 0 spiro atoms. The molecule has 2 aromatic carbocycles. The molecule has 3 nitrogen and oxygen atoms in total. The summed E-state index contributed by atoms with van der Waals surface area (Å²) in [4.78, 5) is 0.